The molecule has 0 aromatic heterocycles. The second-order valence-corrected chi connectivity index (χ2v) is 8.46. The molecule has 0 N–H and O–H groups in total. The number of hydrogen-bond acceptors (Lipinski definition) is 5. The van der Waals surface area contributed by atoms with Crippen LogP contribution in [0.1, 0.15) is 73.1 Å². The van der Waals surface area contributed by atoms with Crippen LogP contribution in [-0.2, 0) is 23.8 Å². The minimum absolute atomic E-state index is 0.00769. The Morgan fingerprint density at radius 1 is 1.35 bits per heavy atom. The molecule has 5 heteroatoms. The zero-order chi connectivity index (χ0) is 19.4. The van der Waals surface area contributed by atoms with Crippen molar-refractivity contribution in [1.29, 1.82) is 0 Å². The Balaban J connectivity index is 1.86. The summed E-state index contributed by atoms with van der Waals surface area (Å²) in [6.07, 6.45) is 8.13. The standard InChI is InChI=1S/C21H34O5/c1-15(2)8-9-18(25-17(4)23)16(3)7-6-11-20(5)19-10-12-21(13-22,26-19)14-24-20/h8,13,16,18-19H,6-7,9-12,14H2,1-5H3. The first-order valence-corrected chi connectivity index (χ1v) is 9.78. The summed E-state index contributed by atoms with van der Waals surface area (Å²) < 4.78 is 17.6. The van der Waals surface area contributed by atoms with E-state index in [0.29, 0.717) is 6.61 Å². The maximum absolute atomic E-state index is 11.4. The number of hydrogen-bond donors (Lipinski definition) is 0. The van der Waals surface area contributed by atoms with Crippen molar-refractivity contribution in [2.45, 2.75) is 96.6 Å². The van der Waals surface area contributed by atoms with Gasteiger partial charge in [-0.2, -0.15) is 0 Å². The molecule has 2 heterocycles. The van der Waals surface area contributed by atoms with Crippen molar-refractivity contribution in [1.82, 2.24) is 0 Å². The summed E-state index contributed by atoms with van der Waals surface area (Å²) in [5.41, 5.74) is 0.191. The molecular weight excluding hydrogens is 332 g/mol. The van der Waals surface area contributed by atoms with Crippen LogP contribution in [0.25, 0.3) is 0 Å². The molecule has 0 radical (unpaired) electrons. The van der Waals surface area contributed by atoms with Crippen LogP contribution in [0.2, 0.25) is 0 Å². The van der Waals surface area contributed by atoms with Crippen molar-refractivity contribution < 1.29 is 23.8 Å². The number of rotatable bonds is 9. The third-order valence-corrected chi connectivity index (χ3v) is 5.79. The fourth-order valence-corrected chi connectivity index (χ4v) is 3.97. The molecule has 0 amide bonds. The molecule has 2 saturated heterocycles. The van der Waals surface area contributed by atoms with E-state index >= 15 is 0 Å². The van der Waals surface area contributed by atoms with Gasteiger partial charge in [0.15, 0.2) is 6.29 Å². The molecule has 0 aromatic carbocycles. The lowest BCUT2D eigenvalue weighted by Crippen LogP contribution is -2.53. The highest BCUT2D eigenvalue weighted by Gasteiger charge is 2.53. The van der Waals surface area contributed by atoms with Crippen molar-refractivity contribution in [3.8, 4) is 0 Å². The molecule has 2 fully saturated rings. The average molecular weight is 366 g/mol. The van der Waals surface area contributed by atoms with E-state index in [-0.39, 0.29) is 29.7 Å². The predicted molar refractivity (Wildman–Crippen MR) is 99.9 cm³/mol. The van der Waals surface area contributed by atoms with Gasteiger partial charge in [0, 0.05) is 13.3 Å². The number of allylic oxidation sites excluding steroid dienone is 1. The lowest BCUT2D eigenvalue weighted by molar-refractivity contribution is -0.230. The van der Waals surface area contributed by atoms with E-state index in [1.165, 1.54) is 12.5 Å². The molecule has 2 aliphatic heterocycles. The zero-order valence-corrected chi connectivity index (χ0v) is 16.9. The quantitative estimate of drug-likeness (QED) is 0.351. The number of carbonyl (C=O) groups is 2. The van der Waals surface area contributed by atoms with Crippen LogP contribution in [0.15, 0.2) is 11.6 Å². The average Bonchev–Trinajstić information content (AvgIpc) is 2.97. The van der Waals surface area contributed by atoms with E-state index in [4.69, 9.17) is 14.2 Å². The molecule has 5 atom stereocenters. The molecule has 2 bridgehead atoms. The van der Waals surface area contributed by atoms with Crippen LogP contribution in [0.5, 0.6) is 0 Å². The monoisotopic (exact) mass is 366 g/mol. The van der Waals surface area contributed by atoms with E-state index in [2.05, 4.69) is 33.8 Å². The van der Waals surface area contributed by atoms with E-state index < -0.39 is 5.60 Å². The molecule has 5 nitrogen and oxygen atoms in total. The minimum atomic E-state index is -0.706. The smallest absolute Gasteiger partial charge is 0.302 e. The van der Waals surface area contributed by atoms with Crippen LogP contribution in [0.3, 0.4) is 0 Å². The van der Waals surface area contributed by atoms with Gasteiger partial charge in [0.05, 0.1) is 18.3 Å². The van der Waals surface area contributed by atoms with E-state index in [0.717, 1.165) is 44.8 Å². The Bertz CT molecular complexity index is 539. The van der Waals surface area contributed by atoms with Crippen LogP contribution >= 0.6 is 0 Å². The van der Waals surface area contributed by atoms with E-state index in [9.17, 15) is 9.59 Å². The van der Waals surface area contributed by atoms with Gasteiger partial charge in [0.1, 0.15) is 11.7 Å². The lowest BCUT2D eigenvalue weighted by atomic mass is 9.87. The number of carbonyl (C=O) groups excluding carboxylic acids is 2. The van der Waals surface area contributed by atoms with Crippen LogP contribution < -0.4 is 0 Å². The lowest BCUT2D eigenvalue weighted by Gasteiger charge is -2.42. The van der Waals surface area contributed by atoms with Gasteiger partial charge in [0.25, 0.3) is 0 Å². The Morgan fingerprint density at radius 3 is 2.69 bits per heavy atom. The maximum atomic E-state index is 11.4. The topological polar surface area (TPSA) is 61.8 Å². The molecule has 0 aliphatic carbocycles. The van der Waals surface area contributed by atoms with Gasteiger partial charge in [-0.15, -0.1) is 0 Å². The first-order chi connectivity index (χ1) is 12.2. The summed E-state index contributed by atoms with van der Waals surface area (Å²) in [6, 6.07) is 0. The van der Waals surface area contributed by atoms with E-state index in [1.807, 2.05) is 0 Å². The van der Waals surface area contributed by atoms with Crippen LogP contribution in [0.4, 0.5) is 0 Å². The molecule has 0 spiro atoms. The molecule has 0 aromatic rings. The highest BCUT2D eigenvalue weighted by molar-refractivity contribution is 5.66. The Labute approximate surface area is 157 Å². The van der Waals surface area contributed by atoms with Gasteiger partial charge in [-0.05, 0) is 52.4 Å². The fourth-order valence-electron chi connectivity index (χ4n) is 3.97. The molecule has 148 valence electrons. The third kappa shape index (κ3) is 5.17. The van der Waals surface area contributed by atoms with Crippen molar-refractivity contribution >= 4 is 12.3 Å². The largest absolute Gasteiger partial charge is 0.462 e. The van der Waals surface area contributed by atoms with E-state index in [1.54, 1.807) is 0 Å². The Hall–Kier alpha value is -1.20. The summed E-state index contributed by atoms with van der Waals surface area (Å²) in [4.78, 5) is 22.7. The zero-order valence-electron chi connectivity index (χ0n) is 16.9. The van der Waals surface area contributed by atoms with Crippen LogP contribution in [0, 0.1) is 5.92 Å². The van der Waals surface area contributed by atoms with Gasteiger partial charge in [-0.25, -0.2) is 0 Å². The fraction of sp³-hybridized carbons (Fsp3) is 0.810. The minimum Gasteiger partial charge on any atom is -0.462 e. The van der Waals surface area contributed by atoms with Crippen molar-refractivity contribution in [2.24, 2.45) is 5.92 Å². The second-order valence-electron chi connectivity index (χ2n) is 8.46. The van der Waals surface area contributed by atoms with Gasteiger partial charge in [-0.1, -0.05) is 25.0 Å². The van der Waals surface area contributed by atoms with Crippen molar-refractivity contribution in [3.05, 3.63) is 11.6 Å². The summed E-state index contributed by atoms with van der Waals surface area (Å²) in [6.45, 7) is 10.2. The first-order valence-electron chi connectivity index (χ1n) is 9.78. The van der Waals surface area contributed by atoms with Gasteiger partial charge in [-0.3, -0.25) is 4.79 Å². The van der Waals surface area contributed by atoms with Gasteiger partial charge in [0.2, 0.25) is 0 Å². The maximum Gasteiger partial charge on any atom is 0.302 e. The third-order valence-electron chi connectivity index (χ3n) is 5.79. The highest BCUT2D eigenvalue weighted by atomic mass is 16.6. The van der Waals surface area contributed by atoms with Crippen molar-refractivity contribution in [2.75, 3.05) is 6.61 Å². The summed E-state index contributed by atoms with van der Waals surface area (Å²) in [5.74, 6) is 0.0522. The molecule has 2 aliphatic rings. The number of ether oxygens (including phenoxy) is 3. The second kappa shape index (κ2) is 8.66. The first kappa shape index (κ1) is 21.1. The highest BCUT2D eigenvalue weighted by Crippen LogP contribution is 2.43. The normalized spacial score (nSPS) is 32.6. The number of fused-ring (bicyclic) bond motifs is 2. The summed E-state index contributed by atoms with van der Waals surface area (Å²) >= 11 is 0. The number of esters is 1. The molecular formula is C21H34O5. The number of aldehydes is 1. The SMILES string of the molecule is CC(=O)OC(CC=C(C)C)C(C)CCCC1(C)OCC2(C=O)CCC1O2. The Kier molecular flexibility index (Phi) is 7.03. The Morgan fingerprint density at radius 2 is 2.08 bits per heavy atom. The molecule has 5 unspecified atom stereocenters. The molecule has 26 heavy (non-hydrogen) atoms. The van der Waals surface area contributed by atoms with Crippen molar-refractivity contribution in [3.63, 3.8) is 0 Å². The molecule has 2 rings (SSSR count). The van der Waals surface area contributed by atoms with Gasteiger partial charge >= 0.3 is 5.97 Å². The molecule has 0 saturated carbocycles. The van der Waals surface area contributed by atoms with Crippen LogP contribution in [-0.4, -0.2) is 42.3 Å². The van der Waals surface area contributed by atoms with Gasteiger partial charge < -0.3 is 19.0 Å². The predicted octanol–water partition coefficient (Wildman–Crippen LogP) is 3.99. The summed E-state index contributed by atoms with van der Waals surface area (Å²) in [7, 11) is 0. The summed E-state index contributed by atoms with van der Waals surface area (Å²) in [5, 5.41) is 0.